The number of hydrogen-bond acceptors (Lipinski definition) is 4. The van der Waals surface area contributed by atoms with E-state index >= 15 is 0 Å². The number of anilines is 1. The Morgan fingerprint density at radius 1 is 1.19 bits per heavy atom. The molecule has 0 unspecified atom stereocenters. The van der Waals surface area contributed by atoms with E-state index in [-0.39, 0.29) is 11.7 Å². The Labute approximate surface area is 127 Å². The van der Waals surface area contributed by atoms with Crippen LogP contribution >= 0.6 is 11.3 Å². The fourth-order valence-electron chi connectivity index (χ4n) is 3.25. The minimum Gasteiger partial charge on any atom is -0.294 e. The molecule has 1 atom stereocenters. The van der Waals surface area contributed by atoms with Crippen LogP contribution in [0.4, 0.5) is 5.69 Å². The molecular weight excluding hydrogens is 306 g/mol. The Morgan fingerprint density at radius 2 is 2.05 bits per heavy atom. The number of carbonyl (C=O) groups is 1. The van der Waals surface area contributed by atoms with Crippen LogP contribution in [0.15, 0.2) is 39.9 Å². The zero-order valence-corrected chi connectivity index (χ0v) is 12.8. The third kappa shape index (κ3) is 1.79. The maximum Gasteiger partial charge on any atom is 0.273 e. The van der Waals surface area contributed by atoms with Crippen LogP contribution in [0, 0.1) is 0 Å². The van der Waals surface area contributed by atoms with Crippen LogP contribution in [-0.4, -0.2) is 20.7 Å². The van der Waals surface area contributed by atoms with E-state index in [1.807, 2.05) is 12.1 Å². The Hall–Kier alpha value is -1.66. The molecule has 21 heavy (non-hydrogen) atoms. The van der Waals surface area contributed by atoms with Crippen molar-refractivity contribution in [3.63, 3.8) is 0 Å². The second-order valence-corrected chi connectivity index (χ2v) is 8.40. The summed E-state index contributed by atoms with van der Waals surface area (Å²) < 4.78 is 27.4. The molecule has 0 radical (unpaired) electrons. The van der Waals surface area contributed by atoms with Gasteiger partial charge in [-0.2, -0.15) is 0 Å². The van der Waals surface area contributed by atoms with Gasteiger partial charge < -0.3 is 0 Å². The lowest BCUT2D eigenvalue weighted by Crippen LogP contribution is -2.29. The lowest BCUT2D eigenvalue weighted by molar-refractivity contribution is 0.0968. The Balaban J connectivity index is 1.89. The molecule has 0 spiro atoms. The lowest BCUT2D eigenvalue weighted by Gasteiger charge is -2.18. The summed E-state index contributed by atoms with van der Waals surface area (Å²) in [5.74, 6) is 0.266. The van der Waals surface area contributed by atoms with Gasteiger partial charge in [-0.15, -0.1) is 11.3 Å². The lowest BCUT2D eigenvalue weighted by atomic mass is 9.83. The molecule has 0 bridgehead atoms. The number of ketones is 1. The molecule has 108 valence electrons. The Morgan fingerprint density at radius 3 is 2.81 bits per heavy atom. The van der Waals surface area contributed by atoms with Gasteiger partial charge in [-0.1, -0.05) is 18.2 Å². The fourth-order valence-corrected chi connectivity index (χ4v) is 5.89. The van der Waals surface area contributed by atoms with Crippen LogP contribution in [0.3, 0.4) is 0 Å². The standard InChI is InChI=1S/C15H13NO3S2/c17-13-7-6-10-9-16(12-4-1-3-11(13)15(10)12)21(18,19)14-5-2-8-20-14/h1-5,8,10H,6-7,9H2/t10-/m0/s1. The van der Waals surface area contributed by atoms with Gasteiger partial charge in [0, 0.05) is 24.4 Å². The van der Waals surface area contributed by atoms with Crippen molar-refractivity contribution in [2.24, 2.45) is 0 Å². The third-order valence-electron chi connectivity index (χ3n) is 4.21. The molecular formula is C15H13NO3S2. The molecule has 0 amide bonds. The van der Waals surface area contributed by atoms with Crippen molar-refractivity contribution in [3.05, 3.63) is 46.8 Å². The van der Waals surface area contributed by atoms with Crippen molar-refractivity contribution in [1.82, 2.24) is 0 Å². The molecule has 0 saturated carbocycles. The summed E-state index contributed by atoms with van der Waals surface area (Å²) in [5.41, 5.74) is 2.31. The largest absolute Gasteiger partial charge is 0.294 e. The molecule has 0 fully saturated rings. The van der Waals surface area contributed by atoms with Gasteiger partial charge in [0.1, 0.15) is 4.21 Å². The SMILES string of the molecule is O=C1CC[C@H]2CN(S(=O)(=O)c3cccs3)c3cccc1c32. The van der Waals surface area contributed by atoms with Crippen molar-refractivity contribution in [3.8, 4) is 0 Å². The average Bonchev–Trinajstić information content (AvgIpc) is 3.12. The van der Waals surface area contributed by atoms with E-state index in [1.165, 1.54) is 15.6 Å². The highest BCUT2D eigenvalue weighted by Gasteiger charge is 2.41. The molecule has 0 saturated heterocycles. The molecule has 1 aliphatic carbocycles. The maximum absolute atomic E-state index is 12.8. The molecule has 4 nitrogen and oxygen atoms in total. The highest BCUT2D eigenvalue weighted by atomic mass is 32.2. The summed E-state index contributed by atoms with van der Waals surface area (Å²) in [4.78, 5) is 12.0. The summed E-state index contributed by atoms with van der Waals surface area (Å²) >= 11 is 1.22. The monoisotopic (exact) mass is 319 g/mol. The number of hydrogen-bond donors (Lipinski definition) is 0. The van der Waals surface area contributed by atoms with E-state index in [9.17, 15) is 13.2 Å². The van der Waals surface area contributed by atoms with E-state index in [0.717, 1.165) is 12.0 Å². The van der Waals surface area contributed by atoms with Crippen LogP contribution in [-0.2, 0) is 10.0 Å². The minimum absolute atomic E-state index is 0.124. The molecule has 4 rings (SSSR count). The van der Waals surface area contributed by atoms with Crippen LogP contribution in [0.5, 0.6) is 0 Å². The molecule has 1 aromatic heterocycles. The first-order valence-corrected chi connectivity index (χ1v) is 9.13. The van der Waals surface area contributed by atoms with Gasteiger partial charge in [-0.05, 0) is 29.5 Å². The first-order valence-electron chi connectivity index (χ1n) is 6.81. The summed E-state index contributed by atoms with van der Waals surface area (Å²) in [6.07, 6.45) is 1.24. The smallest absolute Gasteiger partial charge is 0.273 e. The second kappa shape index (κ2) is 4.42. The summed E-state index contributed by atoms with van der Waals surface area (Å²) in [5, 5.41) is 1.76. The zero-order chi connectivity index (χ0) is 14.6. The summed E-state index contributed by atoms with van der Waals surface area (Å²) in [7, 11) is -3.52. The van der Waals surface area contributed by atoms with Gasteiger partial charge in [-0.3, -0.25) is 9.10 Å². The van der Waals surface area contributed by atoms with Gasteiger partial charge in [0.05, 0.1) is 5.69 Å². The Bertz CT molecular complexity index is 825. The van der Waals surface area contributed by atoms with E-state index in [4.69, 9.17) is 0 Å². The summed E-state index contributed by atoms with van der Waals surface area (Å²) in [6, 6.07) is 8.76. The molecule has 6 heteroatoms. The van der Waals surface area contributed by atoms with Gasteiger partial charge >= 0.3 is 0 Å². The number of rotatable bonds is 2. The summed E-state index contributed by atoms with van der Waals surface area (Å²) in [6.45, 7) is 0.444. The van der Waals surface area contributed by atoms with Gasteiger partial charge in [-0.25, -0.2) is 8.42 Å². The highest BCUT2D eigenvalue weighted by molar-refractivity contribution is 7.94. The topological polar surface area (TPSA) is 54.5 Å². The van der Waals surface area contributed by atoms with Crippen molar-refractivity contribution in [1.29, 1.82) is 0 Å². The van der Waals surface area contributed by atoms with Gasteiger partial charge in [0.25, 0.3) is 10.0 Å². The van der Waals surface area contributed by atoms with Gasteiger partial charge in [0.15, 0.2) is 5.78 Å². The molecule has 0 N–H and O–H groups in total. The van der Waals surface area contributed by atoms with Crippen molar-refractivity contribution in [2.75, 3.05) is 10.8 Å². The van der Waals surface area contributed by atoms with Crippen LogP contribution < -0.4 is 4.31 Å². The molecule has 2 aromatic rings. The molecule has 2 heterocycles. The van der Waals surface area contributed by atoms with E-state index in [0.29, 0.717) is 28.4 Å². The number of thiophene rings is 1. The zero-order valence-electron chi connectivity index (χ0n) is 11.2. The average molecular weight is 319 g/mol. The minimum atomic E-state index is -3.52. The van der Waals surface area contributed by atoms with Crippen LogP contribution in [0.2, 0.25) is 0 Å². The van der Waals surface area contributed by atoms with Crippen LogP contribution in [0.1, 0.15) is 34.7 Å². The fraction of sp³-hybridized carbons (Fsp3) is 0.267. The van der Waals surface area contributed by atoms with E-state index in [1.54, 1.807) is 23.6 Å². The first-order chi connectivity index (χ1) is 10.1. The molecule has 1 aromatic carbocycles. The number of benzene rings is 1. The van der Waals surface area contributed by atoms with Crippen molar-refractivity contribution >= 4 is 32.8 Å². The van der Waals surface area contributed by atoms with Crippen molar-refractivity contribution < 1.29 is 13.2 Å². The van der Waals surface area contributed by atoms with Crippen LogP contribution in [0.25, 0.3) is 0 Å². The third-order valence-corrected chi connectivity index (χ3v) is 7.36. The number of Topliss-reactive ketones (excluding diaryl/α,β-unsaturated/α-hetero) is 1. The normalized spacial score (nSPS) is 20.7. The van der Waals surface area contributed by atoms with Crippen molar-refractivity contribution in [2.45, 2.75) is 23.0 Å². The number of carbonyl (C=O) groups excluding carboxylic acids is 1. The molecule has 1 aliphatic heterocycles. The number of nitrogens with zero attached hydrogens (tertiary/aromatic N) is 1. The molecule has 2 aliphatic rings. The Kier molecular flexibility index (Phi) is 2.74. The first kappa shape index (κ1) is 13.0. The quantitative estimate of drug-likeness (QED) is 0.855. The predicted octanol–water partition coefficient (Wildman–Crippen LogP) is 3.02. The van der Waals surface area contributed by atoms with Gasteiger partial charge in [0.2, 0.25) is 0 Å². The van der Waals surface area contributed by atoms with E-state index < -0.39 is 10.0 Å². The highest BCUT2D eigenvalue weighted by Crippen LogP contribution is 2.46. The number of sulfonamides is 1. The maximum atomic E-state index is 12.8. The van der Waals surface area contributed by atoms with E-state index in [2.05, 4.69) is 0 Å². The predicted molar refractivity (Wildman–Crippen MR) is 81.6 cm³/mol. The second-order valence-electron chi connectivity index (χ2n) is 5.37.